The Labute approximate surface area is 180 Å². The second-order valence-electron chi connectivity index (χ2n) is 6.76. The largest absolute Gasteiger partial charge is 0.480 e. The van der Waals surface area contributed by atoms with Gasteiger partial charge in [-0.15, -0.1) is 0 Å². The second-order valence-corrected chi connectivity index (χ2v) is 6.76. The standard InChI is InChI=1S/C17H34N8O6/c18-6-2-1-4-10(19)14(28)23-8-13(27)24-12(9-26)15(29)25-11(16(30)31)5-3-7-22-17(20)21/h10-12,26H,1-9,18-19H2,(H,23,28)(H,24,27)(H,25,29)(H,30,31)(H4,20,21,22). The molecule has 178 valence electrons. The molecule has 0 spiro atoms. The van der Waals surface area contributed by atoms with Crippen LogP contribution in [0.5, 0.6) is 0 Å². The SMILES string of the molecule is NCCCCC(N)C(=O)NCC(=O)NC(CO)C(=O)NC(CCCN=C(N)N)C(=O)O. The molecule has 0 aliphatic rings. The Hall–Kier alpha value is -2.97. The van der Waals surface area contributed by atoms with E-state index >= 15 is 0 Å². The first-order valence-corrected chi connectivity index (χ1v) is 9.84. The fourth-order valence-electron chi connectivity index (χ4n) is 2.41. The van der Waals surface area contributed by atoms with Gasteiger partial charge in [-0.25, -0.2) is 4.79 Å². The highest BCUT2D eigenvalue weighted by Crippen LogP contribution is 2.00. The summed E-state index contributed by atoms with van der Waals surface area (Å²) in [5, 5.41) is 25.4. The minimum Gasteiger partial charge on any atom is -0.480 e. The number of aliphatic hydroxyl groups is 1. The molecule has 3 unspecified atom stereocenters. The highest BCUT2D eigenvalue weighted by molar-refractivity contribution is 5.92. The molecular weight excluding hydrogens is 412 g/mol. The van der Waals surface area contributed by atoms with Gasteiger partial charge in [-0.1, -0.05) is 6.42 Å². The number of carboxylic acid groups (broad SMARTS) is 1. The zero-order valence-corrected chi connectivity index (χ0v) is 17.4. The molecule has 0 fully saturated rings. The summed E-state index contributed by atoms with van der Waals surface area (Å²) >= 11 is 0. The number of aliphatic carboxylic acids is 1. The smallest absolute Gasteiger partial charge is 0.326 e. The number of rotatable bonds is 16. The normalized spacial score (nSPS) is 13.4. The van der Waals surface area contributed by atoms with Crippen LogP contribution in [0.4, 0.5) is 0 Å². The molecule has 3 amide bonds. The van der Waals surface area contributed by atoms with Crippen molar-refractivity contribution in [2.75, 3.05) is 26.2 Å². The molecule has 31 heavy (non-hydrogen) atoms. The van der Waals surface area contributed by atoms with Gasteiger partial charge in [0.2, 0.25) is 17.7 Å². The maximum atomic E-state index is 12.2. The third-order valence-corrected chi connectivity index (χ3v) is 4.12. The average molecular weight is 447 g/mol. The van der Waals surface area contributed by atoms with E-state index in [4.69, 9.17) is 22.9 Å². The zero-order valence-electron chi connectivity index (χ0n) is 17.4. The monoisotopic (exact) mass is 446 g/mol. The summed E-state index contributed by atoms with van der Waals surface area (Å²) in [6, 6.07) is -3.47. The molecule has 0 aliphatic carbocycles. The van der Waals surface area contributed by atoms with Crippen LogP contribution in [0.1, 0.15) is 32.1 Å². The van der Waals surface area contributed by atoms with Gasteiger partial charge in [0.05, 0.1) is 19.2 Å². The van der Waals surface area contributed by atoms with Gasteiger partial charge in [-0.2, -0.15) is 0 Å². The van der Waals surface area contributed by atoms with E-state index in [1.165, 1.54) is 0 Å². The molecule has 0 saturated carbocycles. The maximum Gasteiger partial charge on any atom is 0.326 e. The van der Waals surface area contributed by atoms with Crippen LogP contribution in [0, 0.1) is 0 Å². The summed E-state index contributed by atoms with van der Waals surface area (Å²) in [5.74, 6) is -3.62. The van der Waals surface area contributed by atoms with Crippen molar-refractivity contribution in [2.45, 2.75) is 50.2 Å². The van der Waals surface area contributed by atoms with Crippen molar-refractivity contribution in [3.63, 3.8) is 0 Å². The van der Waals surface area contributed by atoms with Gasteiger partial charge in [0.1, 0.15) is 12.1 Å². The number of aliphatic hydroxyl groups excluding tert-OH is 1. The minimum atomic E-state index is -1.40. The van der Waals surface area contributed by atoms with Crippen LogP contribution >= 0.6 is 0 Å². The maximum absolute atomic E-state index is 12.2. The number of hydrogen-bond donors (Lipinski definition) is 9. The molecule has 0 aromatic rings. The number of unbranched alkanes of at least 4 members (excludes halogenated alkanes) is 1. The fraction of sp³-hybridized carbons (Fsp3) is 0.706. The van der Waals surface area contributed by atoms with Crippen molar-refractivity contribution in [2.24, 2.45) is 27.9 Å². The van der Waals surface area contributed by atoms with E-state index in [-0.39, 0.29) is 25.3 Å². The Balaban J connectivity index is 4.55. The lowest BCUT2D eigenvalue weighted by molar-refractivity contribution is -0.142. The molecule has 0 bridgehead atoms. The van der Waals surface area contributed by atoms with Crippen LogP contribution in [0.15, 0.2) is 4.99 Å². The number of carboxylic acids is 1. The fourth-order valence-corrected chi connectivity index (χ4v) is 2.41. The van der Waals surface area contributed by atoms with E-state index in [0.717, 1.165) is 6.42 Å². The number of carbonyl (C=O) groups excluding carboxylic acids is 3. The number of aliphatic imine (C=N–C) groups is 1. The number of nitrogens with zero attached hydrogens (tertiary/aromatic N) is 1. The van der Waals surface area contributed by atoms with Crippen molar-refractivity contribution in [3.8, 4) is 0 Å². The van der Waals surface area contributed by atoms with Crippen molar-refractivity contribution in [1.82, 2.24) is 16.0 Å². The molecule has 0 saturated heterocycles. The van der Waals surface area contributed by atoms with Crippen LogP contribution in [0.2, 0.25) is 0 Å². The van der Waals surface area contributed by atoms with E-state index in [9.17, 15) is 29.4 Å². The van der Waals surface area contributed by atoms with Crippen LogP contribution in [-0.2, 0) is 19.2 Å². The Morgan fingerprint density at radius 2 is 1.61 bits per heavy atom. The quantitative estimate of drug-likeness (QED) is 0.0624. The summed E-state index contributed by atoms with van der Waals surface area (Å²) in [7, 11) is 0. The summed E-state index contributed by atoms with van der Waals surface area (Å²) in [5.41, 5.74) is 21.4. The number of guanidine groups is 1. The Bertz CT molecular complexity index is 626. The Morgan fingerprint density at radius 3 is 2.16 bits per heavy atom. The van der Waals surface area contributed by atoms with E-state index in [1.54, 1.807) is 0 Å². The lowest BCUT2D eigenvalue weighted by atomic mass is 10.1. The van der Waals surface area contributed by atoms with Gasteiger partial charge in [-0.3, -0.25) is 19.4 Å². The summed E-state index contributed by atoms with van der Waals surface area (Å²) < 4.78 is 0. The van der Waals surface area contributed by atoms with Gasteiger partial charge in [0.15, 0.2) is 5.96 Å². The van der Waals surface area contributed by atoms with Gasteiger partial charge in [0.25, 0.3) is 0 Å². The van der Waals surface area contributed by atoms with Gasteiger partial charge >= 0.3 is 5.97 Å². The topological polar surface area (TPSA) is 261 Å². The average Bonchev–Trinajstić information content (AvgIpc) is 2.71. The molecule has 0 aromatic carbocycles. The van der Waals surface area contributed by atoms with Crippen LogP contribution in [-0.4, -0.2) is 84.2 Å². The number of amides is 3. The molecule has 0 aliphatic heterocycles. The lowest BCUT2D eigenvalue weighted by Gasteiger charge is -2.20. The van der Waals surface area contributed by atoms with Crippen molar-refractivity contribution in [3.05, 3.63) is 0 Å². The summed E-state index contributed by atoms with van der Waals surface area (Å²) in [6.07, 6.45) is 2.11. The van der Waals surface area contributed by atoms with Crippen molar-refractivity contribution >= 4 is 29.7 Å². The highest BCUT2D eigenvalue weighted by Gasteiger charge is 2.26. The molecule has 0 rings (SSSR count). The first kappa shape index (κ1) is 28.0. The molecule has 0 aromatic heterocycles. The molecule has 3 atom stereocenters. The summed E-state index contributed by atoms with van der Waals surface area (Å²) in [4.78, 5) is 51.1. The predicted molar refractivity (Wildman–Crippen MR) is 112 cm³/mol. The third kappa shape index (κ3) is 13.0. The molecular formula is C17H34N8O6. The van der Waals surface area contributed by atoms with E-state index in [0.29, 0.717) is 19.4 Å². The van der Waals surface area contributed by atoms with Crippen LogP contribution < -0.4 is 38.9 Å². The number of nitrogens with one attached hydrogen (secondary N) is 3. The highest BCUT2D eigenvalue weighted by atomic mass is 16.4. The first-order valence-electron chi connectivity index (χ1n) is 9.84. The van der Waals surface area contributed by atoms with Crippen LogP contribution in [0.25, 0.3) is 0 Å². The Kier molecular flexibility index (Phi) is 14.3. The number of carbonyl (C=O) groups is 4. The number of hydrogen-bond acceptors (Lipinski definition) is 8. The van der Waals surface area contributed by atoms with Gasteiger partial charge in [-0.05, 0) is 32.2 Å². The first-order chi connectivity index (χ1) is 14.6. The zero-order chi connectivity index (χ0) is 23.8. The second kappa shape index (κ2) is 15.8. The molecule has 0 radical (unpaired) electrons. The van der Waals surface area contributed by atoms with Crippen LogP contribution in [0.3, 0.4) is 0 Å². The third-order valence-electron chi connectivity index (χ3n) is 4.12. The molecule has 14 nitrogen and oxygen atoms in total. The predicted octanol–water partition coefficient (Wildman–Crippen LogP) is -4.34. The molecule has 14 heteroatoms. The van der Waals surface area contributed by atoms with E-state index in [2.05, 4.69) is 20.9 Å². The molecule has 13 N–H and O–H groups in total. The van der Waals surface area contributed by atoms with E-state index < -0.39 is 55.0 Å². The summed E-state index contributed by atoms with van der Waals surface area (Å²) in [6.45, 7) is -0.574. The van der Waals surface area contributed by atoms with Crippen molar-refractivity contribution in [1.29, 1.82) is 0 Å². The van der Waals surface area contributed by atoms with E-state index in [1.807, 2.05) is 0 Å². The molecule has 0 heterocycles. The van der Waals surface area contributed by atoms with Gasteiger partial charge < -0.3 is 49.1 Å². The van der Waals surface area contributed by atoms with Crippen molar-refractivity contribution < 1.29 is 29.4 Å². The lowest BCUT2D eigenvalue weighted by Crippen LogP contribution is -2.55. The minimum absolute atomic E-state index is 0.0298. The van der Waals surface area contributed by atoms with Gasteiger partial charge in [0, 0.05) is 6.54 Å². The Morgan fingerprint density at radius 1 is 0.935 bits per heavy atom. The number of nitrogens with two attached hydrogens (primary N) is 4.